The second-order valence-corrected chi connectivity index (χ2v) is 7.06. The molecule has 1 heterocycles. The van der Waals surface area contributed by atoms with Crippen LogP contribution in [0.1, 0.15) is 19.7 Å². The zero-order chi connectivity index (χ0) is 12.8. The molecule has 0 aliphatic carbocycles. The molecule has 5 nitrogen and oxygen atoms in total. The minimum absolute atomic E-state index is 0.160. The van der Waals surface area contributed by atoms with Gasteiger partial charge in [0, 0.05) is 6.26 Å². The lowest BCUT2D eigenvalue weighted by Gasteiger charge is -2.17. The van der Waals surface area contributed by atoms with E-state index in [1.54, 1.807) is 32.0 Å². The van der Waals surface area contributed by atoms with Gasteiger partial charge in [-0.2, -0.15) is 0 Å². The van der Waals surface area contributed by atoms with E-state index >= 15 is 0 Å². The maximum absolute atomic E-state index is 11.7. The Labute approximate surface area is 99.6 Å². The molecule has 0 saturated heterocycles. The van der Waals surface area contributed by atoms with Gasteiger partial charge in [-0.05, 0) is 26.0 Å². The molecular weight excluding hydrogens is 240 g/mol. The summed E-state index contributed by atoms with van der Waals surface area (Å²) in [5.74, 6) is 0.160. The Bertz CT molecular complexity index is 671. The number of rotatable bonds is 2. The zero-order valence-corrected chi connectivity index (χ0v) is 10.7. The average molecular weight is 254 g/mol. The van der Waals surface area contributed by atoms with E-state index in [0.29, 0.717) is 16.8 Å². The van der Waals surface area contributed by atoms with Gasteiger partial charge in [-0.1, -0.05) is 6.07 Å². The topological polar surface area (TPSA) is 86.2 Å². The van der Waals surface area contributed by atoms with Crippen LogP contribution in [0.5, 0.6) is 0 Å². The van der Waals surface area contributed by atoms with Crippen molar-refractivity contribution in [2.75, 3.05) is 12.0 Å². The van der Waals surface area contributed by atoms with Crippen molar-refractivity contribution >= 4 is 26.6 Å². The van der Waals surface area contributed by atoms with Crippen molar-refractivity contribution in [3.63, 3.8) is 0 Å². The first-order valence-corrected chi connectivity index (χ1v) is 6.98. The molecule has 0 saturated carbocycles. The van der Waals surface area contributed by atoms with E-state index < -0.39 is 14.6 Å². The second kappa shape index (κ2) is 3.46. The molecule has 92 valence electrons. The van der Waals surface area contributed by atoms with E-state index in [1.165, 1.54) is 0 Å². The van der Waals surface area contributed by atoms with Gasteiger partial charge < -0.3 is 10.2 Å². The Balaban J connectivity index is 2.70. The number of nitrogen functional groups attached to an aromatic ring is 1. The van der Waals surface area contributed by atoms with Crippen LogP contribution in [-0.2, 0) is 14.6 Å². The molecule has 0 amide bonds. The molecule has 2 aromatic rings. The Kier molecular flexibility index (Phi) is 2.43. The summed E-state index contributed by atoms with van der Waals surface area (Å²) >= 11 is 0. The van der Waals surface area contributed by atoms with Gasteiger partial charge in [0.2, 0.25) is 5.89 Å². The number of nitrogens with two attached hydrogens (primary N) is 1. The first-order chi connectivity index (χ1) is 7.73. The number of hydrogen-bond acceptors (Lipinski definition) is 5. The summed E-state index contributed by atoms with van der Waals surface area (Å²) in [5.41, 5.74) is 7.22. The second-order valence-electron chi connectivity index (χ2n) is 4.50. The minimum Gasteiger partial charge on any atom is -0.439 e. The number of anilines is 1. The van der Waals surface area contributed by atoms with Crippen molar-refractivity contribution in [1.82, 2.24) is 4.98 Å². The molecule has 17 heavy (non-hydrogen) atoms. The monoisotopic (exact) mass is 254 g/mol. The highest BCUT2D eigenvalue weighted by Gasteiger charge is 2.37. The van der Waals surface area contributed by atoms with Crippen LogP contribution in [0.4, 0.5) is 5.69 Å². The number of hydrogen-bond donors (Lipinski definition) is 1. The summed E-state index contributed by atoms with van der Waals surface area (Å²) < 4.78 is 27.7. The minimum atomic E-state index is -3.31. The highest BCUT2D eigenvalue weighted by molar-refractivity contribution is 7.91. The third-order valence-electron chi connectivity index (χ3n) is 2.89. The van der Waals surface area contributed by atoms with Gasteiger partial charge in [0.15, 0.2) is 15.4 Å². The molecule has 0 fully saturated rings. The standard InChI is InChI=1S/C11H14N2O3S/c1-11(2,17(3,14)15)10-13-9-7(12)5-4-6-8(9)16-10/h4-6H,12H2,1-3H3. The Morgan fingerprint density at radius 1 is 1.35 bits per heavy atom. The van der Waals surface area contributed by atoms with E-state index in [0.717, 1.165) is 6.26 Å². The van der Waals surface area contributed by atoms with Crippen molar-refractivity contribution in [2.45, 2.75) is 18.6 Å². The molecule has 0 bridgehead atoms. The van der Waals surface area contributed by atoms with E-state index in [4.69, 9.17) is 10.2 Å². The smallest absolute Gasteiger partial charge is 0.216 e. The van der Waals surface area contributed by atoms with Gasteiger partial charge in [0.25, 0.3) is 0 Å². The molecule has 6 heteroatoms. The quantitative estimate of drug-likeness (QED) is 0.824. The number of benzene rings is 1. The van der Waals surface area contributed by atoms with Crippen LogP contribution >= 0.6 is 0 Å². The van der Waals surface area contributed by atoms with Gasteiger partial charge in [-0.25, -0.2) is 13.4 Å². The van der Waals surface area contributed by atoms with Crippen molar-refractivity contribution in [1.29, 1.82) is 0 Å². The van der Waals surface area contributed by atoms with Gasteiger partial charge in [0.1, 0.15) is 10.3 Å². The molecule has 0 aliphatic heterocycles. The number of oxazole rings is 1. The molecule has 1 aromatic heterocycles. The molecule has 2 rings (SSSR count). The Morgan fingerprint density at radius 3 is 2.53 bits per heavy atom. The van der Waals surface area contributed by atoms with E-state index in [2.05, 4.69) is 4.98 Å². The summed E-state index contributed by atoms with van der Waals surface area (Å²) in [5, 5.41) is 0. The van der Waals surface area contributed by atoms with Gasteiger partial charge in [-0.3, -0.25) is 0 Å². The predicted molar refractivity (Wildman–Crippen MR) is 66.3 cm³/mol. The lowest BCUT2D eigenvalue weighted by Crippen LogP contribution is -2.28. The normalized spacial score (nSPS) is 13.1. The molecular formula is C11H14N2O3S. The largest absolute Gasteiger partial charge is 0.439 e. The average Bonchev–Trinajstić information content (AvgIpc) is 2.61. The van der Waals surface area contributed by atoms with E-state index in [9.17, 15) is 8.42 Å². The maximum Gasteiger partial charge on any atom is 0.216 e. The highest BCUT2D eigenvalue weighted by Crippen LogP contribution is 2.32. The van der Waals surface area contributed by atoms with Crippen LogP contribution in [0, 0.1) is 0 Å². The van der Waals surface area contributed by atoms with Crippen molar-refractivity contribution in [2.24, 2.45) is 0 Å². The lowest BCUT2D eigenvalue weighted by atomic mass is 10.2. The van der Waals surface area contributed by atoms with Crippen molar-refractivity contribution in [3.05, 3.63) is 24.1 Å². The number of sulfone groups is 1. The first kappa shape index (κ1) is 11.9. The molecule has 0 spiro atoms. The van der Waals surface area contributed by atoms with Crippen LogP contribution in [0.2, 0.25) is 0 Å². The van der Waals surface area contributed by atoms with Crippen LogP contribution in [0.15, 0.2) is 22.6 Å². The van der Waals surface area contributed by atoms with Crippen molar-refractivity contribution < 1.29 is 12.8 Å². The number of para-hydroxylation sites is 1. The third kappa shape index (κ3) is 1.78. The maximum atomic E-state index is 11.7. The summed E-state index contributed by atoms with van der Waals surface area (Å²) in [7, 11) is -3.31. The molecule has 1 aromatic carbocycles. The highest BCUT2D eigenvalue weighted by atomic mass is 32.2. The summed E-state index contributed by atoms with van der Waals surface area (Å²) in [6, 6.07) is 5.14. The number of fused-ring (bicyclic) bond motifs is 1. The third-order valence-corrected chi connectivity index (χ3v) is 4.92. The summed E-state index contributed by atoms with van der Waals surface area (Å²) in [6.07, 6.45) is 1.16. The van der Waals surface area contributed by atoms with Crippen LogP contribution in [0.25, 0.3) is 11.1 Å². The van der Waals surface area contributed by atoms with E-state index in [1.807, 2.05) is 0 Å². The van der Waals surface area contributed by atoms with Gasteiger partial charge in [-0.15, -0.1) is 0 Å². The molecule has 0 atom stereocenters. The molecule has 2 N–H and O–H groups in total. The Morgan fingerprint density at radius 2 is 2.00 bits per heavy atom. The summed E-state index contributed by atoms with van der Waals surface area (Å²) in [6.45, 7) is 3.12. The molecule has 0 radical (unpaired) electrons. The number of aromatic nitrogens is 1. The Hall–Kier alpha value is -1.56. The summed E-state index contributed by atoms with van der Waals surface area (Å²) in [4.78, 5) is 4.18. The van der Waals surface area contributed by atoms with Gasteiger partial charge in [0.05, 0.1) is 5.69 Å². The SMILES string of the molecule is CC(C)(c1nc2c(N)cccc2o1)S(C)(=O)=O. The van der Waals surface area contributed by atoms with Crippen LogP contribution in [0.3, 0.4) is 0 Å². The molecule has 0 aliphatic rings. The van der Waals surface area contributed by atoms with Crippen LogP contribution in [-0.4, -0.2) is 19.7 Å². The number of nitrogens with zero attached hydrogens (tertiary/aromatic N) is 1. The van der Waals surface area contributed by atoms with Gasteiger partial charge >= 0.3 is 0 Å². The van der Waals surface area contributed by atoms with Crippen LogP contribution < -0.4 is 5.73 Å². The van der Waals surface area contributed by atoms with Crippen molar-refractivity contribution in [3.8, 4) is 0 Å². The fraction of sp³-hybridized carbons (Fsp3) is 0.364. The lowest BCUT2D eigenvalue weighted by molar-refractivity contribution is 0.454. The molecule has 0 unspecified atom stereocenters. The van der Waals surface area contributed by atoms with E-state index in [-0.39, 0.29) is 5.89 Å². The first-order valence-electron chi connectivity index (χ1n) is 5.08. The fourth-order valence-electron chi connectivity index (χ4n) is 1.39. The predicted octanol–water partition coefficient (Wildman–Crippen LogP) is 1.69. The zero-order valence-electron chi connectivity index (χ0n) is 9.89. The fourth-order valence-corrected chi connectivity index (χ4v) is 1.79.